The van der Waals surface area contributed by atoms with Gasteiger partial charge in [-0.05, 0) is 24.1 Å². The van der Waals surface area contributed by atoms with Crippen LogP contribution in [0.4, 0.5) is 4.39 Å². The van der Waals surface area contributed by atoms with Crippen molar-refractivity contribution in [1.82, 2.24) is 10.2 Å². The highest BCUT2D eigenvalue weighted by Gasteiger charge is 2.18. The number of nitrogens with zero attached hydrogens (tertiary/aromatic N) is 2. The van der Waals surface area contributed by atoms with E-state index >= 15 is 0 Å². The summed E-state index contributed by atoms with van der Waals surface area (Å²) in [5, 5.41) is 3.29. The zero-order chi connectivity index (χ0) is 14.4. The molecule has 1 aromatic carbocycles. The van der Waals surface area contributed by atoms with E-state index < -0.39 is 0 Å². The van der Waals surface area contributed by atoms with Gasteiger partial charge in [-0.1, -0.05) is 12.1 Å². The lowest BCUT2D eigenvalue weighted by Crippen LogP contribution is -2.41. The molecule has 1 unspecified atom stereocenters. The number of aliphatic imine (C=N–C) groups is 1. The first-order valence-corrected chi connectivity index (χ1v) is 6.93. The van der Waals surface area contributed by atoms with Crippen LogP contribution in [0.1, 0.15) is 12.0 Å². The van der Waals surface area contributed by atoms with Crippen LogP contribution in [-0.2, 0) is 11.3 Å². The Kier molecular flexibility index (Phi) is 5.35. The fourth-order valence-electron chi connectivity index (χ4n) is 2.37. The van der Waals surface area contributed by atoms with E-state index in [0.29, 0.717) is 12.5 Å². The van der Waals surface area contributed by atoms with Gasteiger partial charge in [0.25, 0.3) is 0 Å². The highest BCUT2D eigenvalue weighted by atomic mass is 19.1. The lowest BCUT2D eigenvalue weighted by molar-refractivity contribution is 0.181. The van der Waals surface area contributed by atoms with Gasteiger partial charge >= 0.3 is 0 Å². The molecule has 1 atom stereocenters. The Morgan fingerprint density at radius 1 is 1.45 bits per heavy atom. The molecule has 0 aromatic heterocycles. The molecule has 1 aromatic rings. The van der Waals surface area contributed by atoms with Crippen LogP contribution in [0.15, 0.2) is 29.3 Å². The van der Waals surface area contributed by atoms with Crippen molar-refractivity contribution in [2.75, 3.05) is 33.9 Å². The van der Waals surface area contributed by atoms with Crippen molar-refractivity contribution in [1.29, 1.82) is 0 Å². The highest BCUT2D eigenvalue weighted by molar-refractivity contribution is 5.79. The van der Waals surface area contributed by atoms with E-state index in [1.165, 1.54) is 12.1 Å². The van der Waals surface area contributed by atoms with Gasteiger partial charge in [-0.25, -0.2) is 4.39 Å². The van der Waals surface area contributed by atoms with Crippen LogP contribution >= 0.6 is 0 Å². The molecule has 110 valence electrons. The molecular formula is C15H22FN3O. The first-order chi connectivity index (χ1) is 9.69. The van der Waals surface area contributed by atoms with Gasteiger partial charge < -0.3 is 15.0 Å². The molecule has 1 aliphatic heterocycles. The van der Waals surface area contributed by atoms with Gasteiger partial charge in [0.2, 0.25) is 0 Å². The van der Waals surface area contributed by atoms with Crippen LogP contribution in [0.5, 0.6) is 0 Å². The molecule has 5 heteroatoms. The zero-order valence-electron chi connectivity index (χ0n) is 12.1. The average molecular weight is 279 g/mol. The Bertz CT molecular complexity index is 441. The molecule has 0 saturated carbocycles. The first-order valence-electron chi connectivity index (χ1n) is 6.93. The van der Waals surface area contributed by atoms with E-state index in [9.17, 15) is 4.39 Å². The molecule has 0 aliphatic carbocycles. The summed E-state index contributed by atoms with van der Waals surface area (Å²) in [4.78, 5) is 6.39. The van der Waals surface area contributed by atoms with Crippen LogP contribution in [0.2, 0.25) is 0 Å². The van der Waals surface area contributed by atoms with Gasteiger partial charge in [-0.2, -0.15) is 0 Å². The second-order valence-electron chi connectivity index (χ2n) is 5.14. The number of ether oxygens (including phenoxy) is 1. The fraction of sp³-hybridized carbons (Fsp3) is 0.533. The van der Waals surface area contributed by atoms with Crippen LogP contribution in [-0.4, -0.2) is 44.7 Å². The summed E-state index contributed by atoms with van der Waals surface area (Å²) in [6.45, 7) is 3.26. The van der Waals surface area contributed by atoms with Gasteiger partial charge in [0.1, 0.15) is 5.82 Å². The molecule has 1 aliphatic rings. The summed E-state index contributed by atoms with van der Waals surface area (Å²) in [5.74, 6) is 1.21. The summed E-state index contributed by atoms with van der Waals surface area (Å²) in [6, 6.07) is 6.50. The Balaban J connectivity index is 1.83. The number of hydrogen-bond acceptors (Lipinski definition) is 2. The topological polar surface area (TPSA) is 36.9 Å². The summed E-state index contributed by atoms with van der Waals surface area (Å²) in [6.07, 6.45) is 1.11. The van der Waals surface area contributed by atoms with Crippen molar-refractivity contribution in [3.05, 3.63) is 35.6 Å². The van der Waals surface area contributed by atoms with E-state index in [1.54, 1.807) is 19.2 Å². The van der Waals surface area contributed by atoms with Crippen LogP contribution in [0, 0.1) is 11.7 Å². The van der Waals surface area contributed by atoms with Crippen molar-refractivity contribution >= 4 is 5.96 Å². The third-order valence-electron chi connectivity index (χ3n) is 3.49. The fourth-order valence-corrected chi connectivity index (χ4v) is 2.37. The smallest absolute Gasteiger partial charge is 0.193 e. The largest absolute Gasteiger partial charge is 0.381 e. The monoisotopic (exact) mass is 279 g/mol. The lowest BCUT2D eigenvalue weighted by atomic mass is 10.1. The minimum absolute atomic E-state index is 0.212. The molecule has 1 saturated heterocycles. The lowest BCUT2D eigenvalue weighted by Gasteiger charge is -2.24. The SMILES string of the molecule is CN=C(NCc1ccc(F)cc1)N(C)CC1CCOC1. The van der Waals surface area contributed by atoms with Crippen LogP contribution < -0.4 is 5.32 Å². The van der Waals surface area contributed by atoms with Crippen molar-refractivity contribution in [2.45, 2.75) is 13.0 Å². The van der Waals surface area contributed by atoms with Gasteiger partial charge in [0, 0.05) is 39.7 Å². The summed E-state index contributed by atoms with van der Waals surface area (Å²) >= 11 is 0. The Labute approximate surface area is 119 Å². The molecule has 0 radical (unpaired) electrons. The summed E-state index contributed by atoms with van der Waals surface area (Å²) in [7, 11) is 3.80. The molecular weight excluding hydrogens is 257 g/mol. The summed E-state index contributed by atoms with van der Waals surface area (Å²) in [5.41, 5.74) is 1.03. The molecule has 0 bridgehead atoms. The number of nitrogens with one attached hydrogen (secondary N) is 1. The van der Waals surface area contributed by atoms with E-state index in [2.05, 4.69) is 15.2 Å². The van der Waals surface area contributed by atoms with Crippen molar-refractivity contribution in [3.8, 4) is 0 Å². The van der Waals surface area contributed by atoms with Crippen molar-refractivity contribution in [3.63, 3.8) is 0 Å². The van der Waals surface area contributed by atoms with E-state index in [4.69, 9.17) is 4.74 Å². The third-order valence-corrected chi connectivity index (χ3v) is 3.49. The maximum Gasteiger partial charge on any atom is 0.193 e. The Morgan fingerprint density at radius 3 is 2.80 bits per heavy atom. The highest BCUT2D eigenvalue weighted by Crippen LogP contribution is 2.13. The van der Waals surface area contributed by atoms with E-state index in [0.717, 1.165) is 37.7 Å². The van der Waals surface area contributed by atoms with Gasteiger partial charge in [0.15, 0.2) is 5.96 Å². The normalized spacial score (nSPS) is 19.1. The van der Waals surface area contributed by atoms with Gasteiger partial charge in [0.05, 0.1) is 6.61 Å². The maximum atomic E-state index is 12.8. The third kappa shape index (κ3) is 4.20. The molecule has 0 amide bonds. The Morgan fingerprint density at radius 2 is 2.20 bits per heavy atom. The first kappa shape index (κ1) is 14.8. The molecule has 1 fully saturated rings. The van der Waals surface area contributed by atoms with Crippen molar-refractivity contribution in [2.24, 2.45) is 10.9 Å². The molecule has 1 heterocycles. The molecule has 1 N–H and O–H groups in total. The molecule has 20 heavy (non-hydrogen) atoms. The molecule has 2 rings (SSSR count). The number of rotatable bonds is 4. The predicted molar refractivity (Wildman–Crippen MR) is 78.2 cm³/mol. The molecule has 0 spiro atoms. The number of hydrogen-bond donors (Lipinski definition) is 1. The predicted octanol–water partition coefficient (Wildman–Crippen LogP) is 1.87. The maximum absolute atomic E-state index is 12.8. The average Bonchev–Trinajstić information content (AvgIpc) is 2.94. The van der Waals surface area contributed by atoms with Gasteiger partial charge in [-0.3, -0.25) is 4.99 Å². The standard InChI is InChI=1S/C15H22FN3O/c1-17-15(19(2)10-13-7-8-20-11-13)18-9-12-3-5-14(16)6-4-12/h3-6,13H,7-11H2,1-2H3,(H,17,18). The quantitative estimate of drug-likeness (QED) is 0.675. The second kappa shape index (κ2) is 7.24. The minimum atomic E-state index is -0.212. The number of benzene rings is 1. The van der Waals surface area contributed by atoms with Crippen molar-refractivity contribution < 1.29 is 9.13 Å². The van der Waals surface area contributed by atoms with Gasteiger partial charge in [-0.15, -0.1) is 0 Å². The van der Waals surface area contributed by atoms with E-state index in [1.807, 2.05) is 7.05 Å². The van der Waals surface area contributed by atoms with Crippen LogP contribution in [0.25, 0.3) is 0 Å². The number of halogens is 1. The molecule has 4 nitrogen and oxygen atoms in total. The summed E-state index contributed by atoms with van der Waals surface area (Å²) < 4.78 is 18.2. The van der Waals surface area contributed by atoms with E-state index in [-0.39, 0.29) is 5.82 Å². The zero-order valence-corrected chi connectivity index (χ0v) is 12.1. The number of guanidine groups is 1. The minimum Gasteiger partial charge on any atom is -0.381 e. The second-order valence-corrected chi connectivity index (χ2v) is 5.14. The Hall–Kier alpha value is -1.62. The van der Waals surface area contributed by atoms with Crippen LogP contribution in [0.3, 0.4) is 0 Å².